The van der Waals surface area contributed by atoms with Crippen LogP contribution in [0.3, 0.4) is 0 Å². The first-order chi connectivity index (χ1) is 15.1. The summed E-state index contributed by atoms with van der Waals surface area (Å²) in [6.07, 6.45) is 1.38. The van der Waals surface area contributed by atoms with Gasteiger partial charge in [0.1, 0.15) is 12.4 Å². The predicted molar refractivity (Wildman–Crippen MR) is 120 cm³/mol. The first-order valence-electron chi connectivity index (χ1n) is 9.64. The Hall–Kier alpha value is -4.32. The highest BCUT2D eigenvalue weighted by molar-refractivity contribution is 5.95. The molecule has 0 bridgehead atoms. The molecule has 154 valence electrons. The molecule has 0 aliphatic rings. The third-order valence-electron chi connectivity index (χ3n) is 4.72. The molecule has 4 aromatic carbocycles. The van der Waals surface area contributed by atoms with Crippen molar-refractivity contribution >= 4 is 22.9 Å². The number of hydrogen-bond donors (Lipinski definition) is 3. The van der Waals surface area contributed by atoms with Gasteiger partial charge in [-0.25, -0.2) is 5.43 Å². The number of nitrogens with one attached hydrogen (secondary N) is 1. The fourth-order valence-corrected chi connectivity index (χ4v) is 3.03. The molecule has 0 radical (unpaired) electrons. The number of hydrazone groups is 1. The topological polar surface area (TPSA) is 91.2 Å². The van der Waals surface area contributed by atoms with E-state index in [1.54, 1.807) is 18.2 Å². The molecule has 0 atom stereocenters. The number of hydrogen-bond acceptors (Lipinski definition) is 5. The van der Waals surface area contributed by atoms with E-state index in [2.05, 4.69) is 16.6 Å². The van der Waals surface area contributed by atoms with Gasteiger partial charge in [0.15, 0.2) is 11.5 Å². The van der Waals surface area contributed by atoms with Crippen LogP contribution in [0, 0.1) is 0 Å². The van der Waals surface area contributed by atoms with E-state index in [0.29, 0.717) is 17.7 Å². The second kappa shape index (κ2) is 9.00. The van der Waals surface area contributed by atoms with E-state index in [-0.39, 0.29) is 17.4 Å². The molecule has 4 aromatic rings. The average Bonchev–Trinajstić information content (AvgIpc) is 2.80. The van der Waals surface area contributed by atoms with Crippen LogP contribution in [0.4, 0.5) is 0 Å². The minimum Gasteiger partial charge on any atom is -0.504 e. The summed E-state index contributed by atoms with van der Waals surface area (Å²) in [7, 11) is 0. The average molecular weight is 412 g/mol. The summed E-state index contributed by atoms with van der Waals surface area (Å²) in [5, 5.41) is 24.9. The highest BCUT2D eigenvalue weighted by atomic mass is 16.5. The Morgan fingerprint density at radius 1 is 0.871 bits per heavy atom. The second-order valence-electron chi connectivity index (χ2n) is 6.94. The summed E-state index contributed by atoms with van der Waals surface area (Å²) in [5.41, 5.74) is 4.37. The van der Waals surface area contributed by atoms with Crippen molar-refractivity contribution in [2.24, 2.45) is 5.10 Å². The normalized spacial score (nSPS) is 11.0. The maximum Gasteiger partial charge on any atom is 0.271 e. The van der Waals surface area contributed by atoms with E-state index in [1.807, 2.05) is 48.5 Å². The molecule has 0 aliphatic carbocycles. The Morgan fingerprint density at radius 2 is 1.65 bits per heavy atom. The van der Waals surface area contributed by atoms with Crippen molar-refractivity contribution in [2.45, 2.75) is 6.61 Å². The van der Waals surface area contributed by atoms with Gasteiger partial charge in [-0.1, -0.05) is 42.5 Å². The summed E-state index contributed by atoms with van der Waals surface area (Å²) >= 11 is 0. The summed E-state index contributed by atoms with van der Waals surface area (Å²) in [6, 6.07) is 25.4. The fraction of sp³-hybridized carbons (Fsp3) is 0.0400. The van der Waals surface area contributed by atoms with Gasteiger partial charge in [0.2, 0.25) is 0 Å². The predicted octanol–water partition coefficient (Wildman–Crippen LogP) is 4.59. The number of rotatable bonds is 6. The molecule has 31 heavy (non-hydrogen) atoms. The van der Waals surface area contributed by atoms with Crippen LogP contribution in [0.25, 0.3) is 10.8 Å². The molecular formula is C25H20N2O4. The summed E-state index contributed by atoms with van der Waals surface area (Å²) in [5.74, 6) is -0.0426. The lowest BCUT2D eigenvalue weighted by Crippen LogP contribution is -2.17. The van der Waals surface area contributed by atoms with E-state index in [9.17, 15) is 15.0 Å². The van der Waals surface area contributed by atoms with Gasteiger partial charge < -0.3 is 14.9 Å². The largest absolute Gasteiger partial charge is 0.504 e. The van der Waals surface area contributed by atoms with Gasteiger partial charge in [0.05, 0.1) is 6.21 Å². The number of ether oxygens (including phenoxy) is 1. The van der Waals surface area contributed by atoms with Crippen molar-refractivity contribution in [3.05, 3.63) is 102 Å². The summed E-state index contributed by atoms with van der Waals surface area (Å²) < 4.78 is 5.87. The van der Waals surface area contributed by atoms with Gasteiger partial charge in [0.25, 0.3) is 5.91 Å². The van der Waals surface area contributed by atoms with Gasteiger partial charge in [-0.15, -0.1) is 0 Å². The van der Waals surface area contributed by atoms with E-state index in [4.69, 9.17) is 4.74 Å². The molecule has 0 unspecified atom stereocenters. The van der Waals surface area contributed by atoms with E-state index in [0.717, 1.165) is 22.1 Å². The zero-order valence-corrected chi connectivity index (χ0v) is 16.5. The molecule has 6 heteroatoms. The number of carbonyl (C=O) groups excluding carboxylic acids is 1. The lowest BCUT2D eigenvalue weighted by atomic mass is 10.1. The fourth-order valence-electron chi connectivity index (χ4n) is 3.03. The number of carbonyl (C=O) groups is 1. The molecule has 3 N–H and O–H groups in total. The SMILES string of the molecule is O=C(N/N=C\c1ccc(O)c(O)c1)c1ccc(COc2ccc3ccccc3c2)cc1. The number of phenolic OH excluding ortho intramolecular Hbond substituents is 2. The lowest BCUT2D eigenvalue weighted by molar-refractivity contribution is 0.0955. The number of amides is 1. The van der Waals surface area contributed by atoms with E-state index in [1.165, 1.54) is 18.3 Å². The highest BCUT2D eigenvalue weighted by Crippen LogP contribution is 2.24. The number of benzene rings is 4. The monoisotopic (exact) mass is 412 g/mol. The van der Waals surface area contributed by atoms with Gasteiger partial charge in [-0.05, 0) is 64.4 Å². The zero-order valence-electron chi connectivity index (χ0n) is 16.5. The first-order valence-corrected chi connectivity index (χ1v) is 9.64. The number of fused-ring (bicyclic) bond motifs is 1. The third-order valence-corrected chi connectivity index (χ3v) is 4.72. The number of nitrogens with zero attached hydrogens (tertiary/aromatic N) is 1. The first kappa shape index (κ1) is 20.0. The highest BCUT2D eigenvalue weighted by Gasteiger charge is 2.05. The molecule has 0 heterocycles. The van der Waals surface area contributed by atoms with Crippen LogP contribution in [0.1, 0.15) is 21.5 Å². The van der Waals surface area contributed by atoms with Crippen molar-refractivity contribution < 1.29 is 19.7 Å². The van der Waals surface area contributed by atoms with Crippen LogP contribution in [-0.4, -0.2) is 22.3 Å². The lowest BCUT2D eigenvalue weighted by Gasteiger charge is -2.08. The molecular weight excluding hydrogens is 392 g/mol. The molecule has 0 saturated carbocycles. The molecule has 1 amide bonds. The maximum atomic E-state index is 12.2. The van der Waals surface area contributed by atoms with Crippen molar-refractivity contribution in [3.63, 3.8) is 0 Å². The third kappa shape index (κ3) is 5.00. The quantitative estimate of drug-likeness (QED) is 0.245. The standard InChI is InChI=1S/C25H20N2O4/c28-23-12-7-18(13-24(23)29)15-26-27-25(30)20-8-5-17(6-9-20)16-31-22-11-10-19-3-1-2-4-21(19)14-22/h1-15,28-29H,16H2,(H,27,30)/b26-15-. The summed E-state index contributed by atoms with van der Waals surface area (Å²) in [6.45, 7) is 0.392. The van der Waals surface area contributed by atoms with Crippen molar-refractivity contribution in [1.82, 2.24) is 5.43 Å². The van der Waals surface area contributed by atoms with Crippen LogP contribution in [0.2, 0.25) is 0 Å². The van der Waals surface area contributed by atoms with Gasteiger partial charge >= 0.3 is 0 Å². The van der Waals surface area contributed by atoms with Gasteiger partial charge in [-0.3, -0.25) is 4.79 Å². The molecule has 0 spiro atoms. The smallest absolute Gasteiger partial charge is 0.271 e. The van der Waals surface area contributed by atoms with E-state index >= 15 is 0 Å². The Morgan fingerprint density at radius 3 is 2.42 bits per heavy atom. The molecule has 6 nitrogen and oxygen atoms in total. The Bertz CT molecular complexity index is 1250. The van der Waals surface area contributed by atoms with E-state index < -0.39 is 0 Å². The van der Waals surface area contributed by atoms with Crippen LogP contribution >= 0.6 is 0 Å². The van der Waals surface area contributed by atoms with Crippen molar-refractivity contribution in [3.8, 4) is 17.2 Å². The van der Waals surface area contributed by atoms with Crippen molar-refractivity contribution in [1.29, 1.82) is 0 Å². The second-order valence-corrected chi connectivity index (χ2v) is 6.94. The Kier molecular flexibility index (Phi) is 5.80. The van der Waals surface area contributed by atoms with Gasteiger partial charge in [0, 0.05) is 5.56 Å². The zero-order chi connectivity index (χ0) is 21.6. The van der Waals surface area contributed by atoms with Gasteiger partial charge in [-0.2, -0.15) is 5.10 Å². The molecule has 0 saturated heterocycles. The number of aromatic hydroxyl groups is 2. The summed E-state index contributed by atoms with van der Waals surface area (Å²) in [4.78, 5) is 12.2. The van der Waals surface area contributed by atoms with Crippen molar-refractivity contribution in [2.75, 3.05) is 0 Å². The van der Waals surface area contributed by atoms with Crippen LogP contribution < -0.4 is 10.2 Å². The van der Waals surface area contributed by atoms with Crippen LogP contribution in [0.5, 0.6) is 17.2 Å². The minimum atomic E-state index is -0.360. The van der Waals surface area contributed by atoms with Crippen LogP contribution in [0.15, 0.2) is 90.0 Å². The molecule has 0 fully saturated rings. The van der Waals surface area contributed by atoms with Crippen LogP contribution in [-0.2, 0) is 6.61 Å². The number of phenols is 2. The minimum absolute atomic E-state index is 0.217. The Balaban J connectivity index is 1.33. The maximum absolute atomic E-state index is 12.2. The molecule has 4 rings (SSSR count). The Labute approximate surface area is 179 Å². The molecule has 0 aromatic heterocycles. The molecule has 0 aliphatic heterocycles.